The van der Waals surface area contributed by atoms with Crippen molar-refractivity contribution in [3.05, 3.63) is 22.5 Å². The van der Waals surface area contributed by atoms with Crippen molar-refractivity contribution in [2.45, 2.75) is 57.8 Å². The fraction of sp³-hybridized carbons (Fsp3) is 0.722. The van der Waals surface area contributed by atoms with Gasteiger partial charge in [-0.1, -0.05) is 27.2 Å². The Hall–Kier alpha value is -1.61. The van der Waals surface area contributed by atoms with Gasteiger partial charge in [0.05, 0.1) is 6.20 Å². The maximum Gasteiger partial charge on any atom is 0.351 e. The van der Waals surface area contributed by atoms with E-state index in [9.17, 15) is 14.0 Å². The lowest BCUT2D eigenvalue weighted by Crippen LogP contribution is -2.38. The number of carbonyl (C=O) groups excluding carboxylic acids is 1. The molecule has 5 atom stereocenters. The van der Waals surface area contributed by atoms with Crippen molar-refractivity contribution in [1.29, 1.82) is 0 Å². The minimum Gasteiger partial charge on any atom is -0.459 e. The summed E-state index contributed by atoms with van der Waals surface area (Å²) in [5.74, 6) is -0.0872. The second-order valence-corrected chi connectivity index (χ2v) is 8.82. The Morgan fingerprint density at radius 3 is 2.93 bits per heavy atom. The van der Waals surface area contributed by atoms with E-state index >= 15 is 0 Å². The minimum absolute atomic E-state index is 0.122. The van der Waals surface area contributed by atoms with E-state index in [0.29, 0.717) is 23.5 Å². The second-order valence-electron chi connectivity index (χ2n) is 7.72. The monoisotopic (exact) mass is 399 g/mol. The molecule has 2 fully saturated rings. The fourth-order valence-corrected chi connectivity index (χ4v) is 4.76. The Bertz CT molecular complexity index is 757. The largest absolute Gasteiger partial charge is 0.459 e. The average molecular weight is 399 g/mol. The van der Waals surface area contributed by atoms with Crippen LogP contribution in [0.1, 0.15) is 46.3 Å². The number of esters is 1. The first kappa shape index (κ1) is 20.1. The normalized spacial score (nSPS) is 31.2. The highest BCUT2D eigenvalue weighted by Gasteiger charge is 2.39. The van der Waals surface area contributed by atoms with Crippen LogP contribution in [0.5, 0.6) is 0 Å². The fourth-order valence-electron chi connectivity index (χ4n) is 3.78. The summed E-state index contributed by atoms with van der Waals surface area (Å²) in [7, 11) is 0. The highest BCUT2D eigenvalue weighted by Crippen LogP contribution is 2.37. The number of nitrogens with zero attached hydrogens (tertiary/aromatic N) is 2. The lowest BCUT2D eigenvalue weighted by molar-refractivity contribution is -0.166. The molecular formula is C18H26FN3O4S. The molecule has 9 heteroatoms. The zero-order valence-corrected chi connectivity index (χ0v) is 16.6. The van der Waals surface area contributed by atoms with Gasteiger partial charge in [-0.05, 0) is 30.6 Å². The van der Waals surface area contributed by atoms with Gasteiger partial charge in [0.2, 0.25) is 5.44 Å². The summed E-state index contributed by atoms with van der Waals surface area (Å²) in [5, 5.41) is 0. The number of thioether (sulfide) groups is 1. The lowest BCUT2D eigenvalue weighted by Gasteiger charge is -2.37. The van der Waals surface area contributed by atoms with Crippen LogP contribution in [0.4, 0.5) is 10.2 Å². The van der Waals surface area contributed by atoms with E-state index < -0.39 is 35.0 Å². The molecule has 27 heavy (non-hydrogen) atoms. The third-order valence-corrected chi connectivity index (χ3v) is 6.42. The van der Waals surface area contributed by atoms with Gasteiger partial charge in [0.15, 0.2) is 11.6 Å². The third-order valence-electron chi connectivity index (χ3n) is 5.34. The number of halogens is 1. The summed E-state index contributed by atoms with van der Waals surface area (Å²) in [4.78, 5) is 28.0. The molecule has 1 aromatic heterocycles. The van der Waals surface area contributed by atoms with Crippen LogP contribution < -0.4 is 11.4 Å². The lowest BCUT2D eigenvalue weighted by atomic mass is 9.75. The smallest absolute Gasteiger partial charge is 0.351 e. The van der Waals surface area contributed by atoms with E-state index in [1.807, 2.05) is 0 Å². The van der Waals surface area contributed by atoms with Crippen LogP contribution >= 0.6 is 11.8 Å². The molecule has 2 heterocycles. The van der Waals surface area contributed by atoms with E-state index in [0.717, 1.165) is 30.0 Å². The van der Waals surface area contributed by atoms with Crippen LogP contribution in [0.3, 0.4) is 0 Å². The Balaban J connectivity index is 1.65. The van der Waals surface area contributed by atoms with Crippen molar-refractivity contribution >= 4 is 23.5 Å². The SMILES string of the molecule is CC(C)C1CC[C@@H](C)C[C@H]1OC(=O)[C@@H]1O[C@H](n2cc(F)c(N)nc2=O)CS1. The molecule has 0 bridgehead atoms. The van der Waals surface area contributed by atoms with Crippen molar-refractivity contribution in [3.63, 3.8) is 0 Å². The molecule has 0 amide bonds. The minimum atomic E-state index is -0.840. The number of nitrogens with two attached hydrogens (primary N) is 1. The van der Waals surface area contributed by atoms with E-state index in [2.05, 4.69) is 25.8 Å². The molecule has 1 saturated heterocycles. The molecule has 2 N–H and O–H groups in total. The summed E-state index contributed by atoms with van der Waals surface area (Å²) in [6, 6.07) is 0. The zero-order chi connectivity index (χ0) is 19.7. The number of aromatic nitrogens is 2. The molecule has 1 aliphatic carbocycles. The summed E-state index contributed by atoms with van der Waals surface area (Å²) in [6.07, 6.45) is 3.09. The van der Waals surface area contributed by atoms with Gasteiger partial charge in [0.25, 0.3) is 0 Å². The summed E-state index contributed by atoms with van der Waals surface area (Å²) in [5.41, 5.74) is 3.74. The first-order chi connectivity index (χ1) is 12.8. The number of anilines is 1. The molecule has 0 aromatic carbocycles. The number of hydrogen-bond acceptors (Lipinski definition) is 7. The van der Waals surface area contributed by atoms with Crippen molar-refractivity contribution < 1.29 is 18.7 Å². The Morgan fingerprint density at radius 1 is 1.48 bits per heavy atom. The molecule has 150 valence electrons. The maximum atomic E-state index is 13.6. The number of ether oxygens (including phenoxy) is 2. The predicted octanol–water partition coefficient (Wildman–Crippen LogP) is 2.56. The molecule has 1 unspecified atom stereocenters. The first-order valence-electron chi connectivity index (χ1n) is 9.28. The predicted molar refractivity (Wildman–Crippen MR) is 100 cm³/mol. The summed E-state index contributed by atoms with van der Waals surface area (Å²) in [6.45, 7) is 6.46. The number of nitrogen functional groups attached to an aromatic ring is 1. The molecule has 7 nitrogen and oxygen atoms in total. The van der Waals surface area contributed by atoms with Gasteiger partial charge in [-0.2, -0.15) is 4.98 Å². The molecule has 1 aliphatic heterocycles. The average Bonchev–Trinajstić information content (AvgIpc) is 3.08. The van der Waals surface area contributed by atoms with Gasteiger partial charge in [-0.15, -0.1) is 11.8 Å². The van der Waals surface area contributed by atoms with Crippen LogP contribution in [0.15, 0.2) is 11.0 Å². The molecule has 1 aromatic rings. The van der Waals surface area contributed by atoms with E-state index in [4.69, 9.17) is 15.2 Å². The molecule has 3 rings (SSSR count). The topological polar surface area (TPSA) is 96.4 Å². The maximum absolute atomic E-state index is 13.6. The van der Waals surface area contributed by atoms with Crippen LogP contribution in [-0.4, -0.2) is 32.8 Å². The van der Waals surface area contributed by atoms with E-state index in [1.165, 1.54) is 11.8 Å². The number of rotatable bonds is 4. The third kappa shape index (κ3) is 4.45. The standard InChI is InChI=1S/C18H26FN3O4S/c1-9(2)11-5-4-10(3)6-13(11)25-16(23)17-26-14(8-27-17)22-7-12(19)15(20)21-18(22)24/h7,9-11,13-14,17H,4-6,8H2,1-3H3,(H2,20,21,24)/t10-,11?,13-,14+,17-/m1/s1. The second kappa shape index (κ2) is 8.18. The van der Waals surface area contributed by atoms with Crippen LogP contribution in [-0.2, 0) is 14.3 Å². The Kier molecular flexibility index (Phi) is 6.10. The van der Waals surface area contributed by atoms with E-state index in [-0.39, 0.29) is 6.10 Å². The highest BCUT2D eigenvalue weighted by molar-refractivity contribution is 8.00. The van der Waals surface area contributed by atoms with Crippen molar-refractivity contribution in [3.8, 4) is 0 Å². The van der Waals surface area contributed by atoms with E-state index in [1.54, 1.807) is 0 Å². The molecule has 0 radical (unpaired) electrons. The zero-order valence-electron chi connectivity index (χ0n) is 15.8. The number of hydrogen-bond donors (Lipinski definition) is 1. The van der Waals surface area contributed by atoms with Crippen LogP contribution in [0.25, 0.3) is 0 Å². The van der Waals surface area contributed by atoms with Gasteiger partial charge in [-0.25, -0.2) is 14.0 Å². The van der Waals surface area contributed by atoms with Gasteiger partial charge in [0, 0.05) is 5.75 Å². The molecule has 1 saturated carbocycles. The summed E-state index contributed by atoms with van der Waals surface area (Å²) >= 11 is 1.23. The Labute approximate surface area is 161 Å². The van der Waals surface area contributed by atoms with Gasteiger partial charge >= 0.3 is 11.7 Å². The van der Waals surface area contributed by atoms with Crippen LogP contribution in [0.2, 0.25) is 0 Å². The Morgan fingerprint density at radius 2 is 2.22 bits per heavy atom. The van der Waals surface area contributed by atoms with Crippen molar-refractivity contribution in [1.82, 2.24) is 9.55 Å². The molecule has 2 aliphatic rings. The summed E-state index contributed by atoms with van der Waals surface area (Å²) < 4.78 is 26.1. The van der Waals surface area contributed by atoms with Crippen molar-refractivity contribution in [2.24, 2.45) is 17.8 Å². The molecular weight excluding hydrogens is 373 g/mol. The quantitative estimate of drug-likeness (QED) is 0.777. The highest BCUT2D eigenvalue weighted by atomic mass is 32.2. The molecule has 0 spiro atoms. The number of carbonyl (C=O) groups is 1. The van der Waals surface area contributed by atoms with Gasteiger partial charge < -0.3 is 15.2 Å². The van der Waals surface area contributed by atoms with Gasteiger partial charge in [-0.3, -0.25) is 4.57 Å². The first-order valence-corrected chi connectivity index (χ1v) is 10.3. The van der Waals surface area contributed by atoms with Crippen molar-refractivity contribution in [2.75, 3.05) is 11.5 Å². The van der Waals surface area contributed by atoms with Crippen LogP contribution in [0, 0.1) is 23.6 Å². The van der Waals surface area contributed by atoms with Gasteiger partial charge in [0.1, 0.15) is 12.3 Å².